The van der Waals surface area contributed by atoms with Crippen LogP contribution >= 0.6 is 0 Å². The molecule has 0 amide bonds. The average molecular weight is 1130 g/mol. The highest BCUT2D eigenvalue weighted by Crippen LogP contribution is 2.17. The van der Waals surface area contributed by atoms with Crippen molar-refractivity contribution in [3.05, 3.63) is 60.8 Å². The monoisotopic (exact) mass is 1130 g/mol. The van der Waals surface area contributed by atoms with Crippen molar-refractivity contribution in [2.75, 3.05) is 13.2 Å². The second kappa shape index (κ2) is 69.6. The SMILES string of the molecule is CCCCCCC/C=C\C/C=C\C/C=C\CCCCCCCCC(=O)OC(COC(=O)CCCCCCC/C=C\CCCCCCCC)COC(=O)CCCCCCCCCCCCCCCCC/C=C\CCCCCCCCCC. The van der Waals surface area contributed by atoms with Gasteiger partial charge in [0.1, 0.15) is 13.2 Å². The van der Waals surface area contributed by atoms with Crippen LogP contribution in [0.15, 0.2) is 60.8 Å². The molecule has 81 heavy (non-hydrogen) atoms. The largest absolute Gasteiger partial charge is 0.462 e. The van der Waals surface area contributed by atoms with E-state index < -0.39 is 6.10 Å². The molecule has 0 N–H and O–H groups in total. The predicted molar refractivity (Wildman–Crippen MR) is 353 cm³/mol. The Balaban J connectivity index is 4.30. The molecule has 0 aromatic rings. The Morgan fingerprint density at radius 3 is 0.704 bits per heavy atom. The van der Waals surface area contributed by atoms with Crippen molar-refractivity contribution < 1.29 is 28.6 Å². The number of hydrogen-bond donors (Lipinski definition) is 0. The van der Waals surface area contributed by atoms with Crippen molar-refractivity contribution in [1.82, 2.24) is 0 Å². The van der Waals surface area contributed by atoms with Gasteiger partial charge >= 0.3 is 17.9 Å². The summed E-state index contributed by atoms with van der Waals surface area (Å²) in [6.07, 6.45) is 89.6. The number of esters is 3. The van der Waals surface area contributed by atoms with E-state index >= 15 is 0 Å². The van der Waals surface area contributed by atoms with Crippen LogP contribution in [0.3, 0.4) is 0 Å². The molecular weight excluding hydrogens is 997 g/mol. The van der Waals surface area contributed by atoms with E-state index in [-0.39, 0.29) is 31.1 Å². The maximum atomic E-state index is 13.0. The highest BCUT2D eigenvalue weighted by atomic mass is 16.6. The fourth-order valence-electron chi connectivity index (χ4n) is 10.6. The molecular formula is C75H136O6. The summed E-state index contributed by atoms with van der Waals surface area (Å²) in [5, 5.41) is 0. The maximum Gasteiger partial charge on any atom is 0.306 e. The lowest BCUT2D eigenvalue weighted by molar-refractivity contribution is -0.167. The molecule has 0 fully saturated rings. The summed E-state index contributed by atoms with van der Waals surface area (Å²) in [6.45, 7) is 6.66. The van der Waals surface area contributed by atoms with Gasteiger partial charge in [-0.3, -0.25) is 14.4 Å². The molecule has 0 aliphatic rings. The summed E-state index contributed by atoms with van der Waals surface area (Å²) in [6, 6.07) is 0. The fourth-order valence-corrected chi connectivity index (χ4v) is 10.6. The zero-order valence-corrected chi connectivity index (χ0v) is 54.3. The minimum Gasteiger partial charge on any atom is -0.462 e. The van der Waals surface area contributed by atoms with Crippen molar-refractivity contribution in [3.8, 4) is 0 Å². The van der Waals surface area contributed by atoms with Gasteiger partial charge in [-0.1, -0.05) is 313 Å². The van der Waals surface area contributed by atoms with E-state index in [1.807, 2.05) is 0 Å². The van der Waals surface area contributed by atoms with Crippen molar-refractivity contribution in [3.63, 3.8) is 0 Å². The van der Waals surface area contributed by atoms with Crippen LogP contribution < -0.4 is 0 Å². The number of carbonyl (C=O) groups is 3. The normalized spacial score (nSPS) is 12.4. The van der Waals surface area contributed by atoms with Crippen molar-refractivity contribution in [1.29, 1.82) is 0 Å². The van der Waals surface area contributed by atoms with Gasteiger partial charge in [0.15, 0.2) is 6.10 Å². The van der Waals surface area contributed by atoms with E-state index in [1.165, 1.54) is 250 Å². The molecule has 0 heterocycles. The number of rotatable bonds is 66. The summed E-state index contributed by atoms with van der Waals surface area (Å²) in [5.41, 5.74) is 0. The fraction of sp³-hybridized carbons (Fsp3) is 0.827. The van der Waals surface area contributed by atoms with Crippen LogP contribution in [0.2, 0.25) is 0 Å². The Bertz CT molecular complexity index is 1440. The number of allylic oxidation sites excluding steroid dienone is 10. The number of unbranched alkanes of at least 4 members (excludes halogenated alkanes) is 45. The van der Waals surface area contributed by atoms with E-state index in [4.69, 9.17) is 14.2 Å². The van der Waals surface area contributed by atoms with Gasteiger partial charge in [0.2, 0.25) is 0 Å². The van der Waals surface area contributed by atoms with E-state index in [2.05, 4.69) is 81.5 Å². The minimum atomic E-state index is -0.786. The number of ether oxygens (including phenoxy) is 3. The summed E-state index contributed by atoms with van der Waals surface area (Å²) < 4.78 is 17.0. The summed E-state index contributed by atoms with van der Waals surface area (Å²) in [4.78, 5) is 38.4. The average Bonchev–Trinajstić information content (AvgIpc) is 3.47. The van der Waals surface area contributed by atoms with Gasteiger partial charge in [0.25, 0.3) is 0 Å². The van der Waals surface area contributed by atoms with Gasteiger partial charge in [-0.2, -0.15) is 0 Å². The molecule has 0 aromatic heterocycles. The molecule has 6 heteroatoms. The van der Waals surface area contributed by atoms with E-state index in [1.54, 1.807) is 0 Å². The Morgan fingerprint density at radius 1 is 0.247 bits per heavy atom. The molecule has 0 saturated carbocycles. The van der Waals surface area contributed by atoms with Gasteiger partial charge in [0.05, 0.1) is 0 Å². The first-order valence-corrected chi connectivity index (χ1v) is 35.8. The quantitative estimate of drug-likeness (QED) is 0.0261. The zero-order valence-electron chi connectivity index (χ0n) is 54.3. The third-order valence-electron chi connectivity index (χ3n) is 16.0. The Kier molecular flexibility index (Phi) is 67.1. The number of hydrogen-bond acceptors (Lipinski definition) is 6. The zero-order chi connectivity index (χ0) is 58.5. The van der Waals surface area contributed by atoms with Gasteiger partial charge in [0, 0.05) is 19.3 Å². The third-order valence-corrected chi connectivity index (χ3v) is 16.0. The molecule has 0 aromatic carbocycles. The molecule has 6 nitrogen and oxygen atoms in total. The lowest BCUT2D eigenvalue weighted by atomic mass is 10.0. The van der Waals surface area contributed by atoms with Gasteiger partial charge < -0.3 is 14.2 Å². The Labute approximate surface area is 504 Å². The lowest BCUT2D eigenvalue weighted by Gasteiger charge is -2.18. The second-order valence-electron chi connectivity index (χ2n) is 24.1. The summed E-state index contributed by atoms with van der Waals surface area (Å²) >= 11 is 0. The smallest absolute Gasteiger partial charge is 0.306 e. The molecule has 1 unspecified atom stereocenters. The van der Waals surface area contributed by atoms with Crippen LogP contribution in [0, 0.1) is 0 Å². The lowest BCUT2D eigenvalue weighted by Crippen LogP contribution is -2.30. The van der Waals surface area contributed by atoms with E-state index in [0.717, 1.165) is 89.9 Å². The van der Waals surface area contributed by atoms with E-state index in [0.29, 0.717) is 19.3 Å². The highest BCUT2D eigenvalue weighted by molar-refractivity contribution is 5.71. The molecule has 0 bridgehead atoms. The molecule has 0 radical (unpaired) electrons. The van der Waals surface area contributed by atoms with Crippen LogP contribution in [-0.4, -0.2) is 37.2 Å². The summed E-state index contributed by atoms with van der Waals surface area (Å²) in [7, 11) is 0. The molecule has 0 aliphatic carbocycles. The molecule has 1 atom stereocenters. The van der Waals surface area contributed by atoms with Crippen LogP contribution in [0.1, 0.15) is 380 Å². The first-order valence-electron chi connectivity index (χ1n) is 35.8. The summed E-state index contributed by atoms with van der Waals surface area (Å²) in [5.74, 6) is -0.878. The standard InChI is InChI=1S/C75H136O6/c1-4-7-10-13-16-19-22-25-28-30-32-34-35-36-37-38-39-41-42-44-47-50-53-56-59-62-65-68-74(77)80-71-72(70-79-73(76)67-64-61-58-55-52-49-46-27-24-21-18-15-12-9-6-3)81-75(78)69-66-63-60-57-54-51-48-45-43-40-33-31-29-26-23-20-17-14-11-8-5-2/h23,26-27,30-33,43,45-46,72H,4-22,24-25,28-29,34-42,44,47-71H2,1-3H3/b26-23-,32-30-,33-31-,45-43-,46-27-. The number of carbonyl (C=O) groups excluding carboxylic acids is 3. The highest BCUT2D eigenvalue weighted by Gasteiger charge is 2.19. The van der Waals surface area contributed by atoms with Crippen molar-refractivity contribution in [2.45, 2.75) is 386 Å². The van der Waals surface area contributed by atoms with Gasteiger partial charge in [-0.25, -0.2) is 0 Å². The Morgan fingerprint density at radius 2 is 0.444 bits per heavy atom. The minimum absolute atomic E-state index is 0.0794. The van der Waals surface area contributed by atoms with Gasteiger partial charge in [-0.05, 0) is 109 Å². The van der Waals surface area contributed by atoms with Crippen LogP contribution in [-0.2, 0) is 28.6 Å². The topological polar surface area (TPSA) is 78.9 Å². The second-order valence-corrected chi connectivity index (χ2v) is 24.1. The van der Waals surface area contributed by atoms with Crippen LogP contribution in [0.5, 0.6) is 0 Å². The first-order chi connectivity index (χ1) is 40.0. The van der Waals surface area contributed by atoms with Crippen LogP contribution in [0.4, 0.5) is 0 Å². The molecule has 0 aliphatic heterocycles. The molecule has 472 valence electrons. The Hall–Kier alpha value is -2.89. The van der Waals surface area contributed by atoms with Crippen molar-refractivity contribution >= 4 is 17.9 Å². The van der Waals surface area contributed by atoms with E-state index in [9.17, 15) is 14.4 Å². The predicted octanol–water partition coefficient (Wildman–Crippen LogP) is 24.7. The van der Waals surface area contributed by atoms with Gasteiger partial charge in [-0.15, -0.1) is 0 Å². The first kappa shape index (κ1) is 78.1. The maximum absolute atomic E-state index is 13.0. The molecule has 0 rings (SSSR count). The third kappa shape index (κ3) is 67.8. The van der Waals surface area contributed by atoms with Crippen molar-refractivity contribution in [2.24, 2.45) is 0 Å². The molecule has 0 saturated heterocycles. The van der Waals surface area contributed by atoms with Crippen LogP contribution in [0.25, 0.3) is 0 Å². The molecule has 0 spiro atoms.